The van der Waals surface area contributed by atoms with Gasteiger partial charge < -0.3 is 16.4 Å². The van der Waals surface area contributed by atoms with Crippen LogP contribution in [0.1, 0.15) is 40.0 Å². The minimum absolute atomic E-state index is 0.195. The summed E-state index contributed by atoms with van der Waals surface area (Å²) in [5.74, 6) is 1.55. The summed E-state index contributed by atoms with van der Waals surface area (Å²) >= 11 is 1.52. The first kappa shape index (κ1) is 22.6. The van der Waals surface area contributed by atoms with Gasteiger partial charge in [-0.2, -0.15) is 0 Å². The zero-order valence-corrected chi connectivity index (χ0v) is 18.1. The number of carbonyl (C=O) groups is 2. The van der Waals surface area contributed by atoms with Crippen LogP contribution in [0.3, 0.4) is 0 Å². The van der Waals surface area contributed by atoms with E-state index in [0.29, 0.717) is 30.7 Å². The topological polar surface area (TPSA) is 87.5 Å². The number of carbonyl (C=O) groups excluding carboxylic acids is 2. The van der Waals surface area contributed by atoms with Crippen LogP contribution in [0.4, 0.5) is 10.5 Å². The highest BCUT2D eigenvalue weighted by molar-refractivity contribution is 7.99. The highest BCUT2D eigenvalue weighted by Crippen LogP contribution is 2.27. The number of primary amides is 1. The molecule has 1 atom stereocenters. The van der Waals surface area contributed by atoms with Crippen LogP contribution >= 0.6 is 11.8 Å². The maximum Gasteiger partial charge on any atom is 0.319 e. The highest BCUT2D eigenvalue weighted by atomic mass is 32.2. The quantitative estimate of drug-likeness (QED) is 0.548. The molecule has 0 saturated carbocycles. The molecule has 1 saturated heterocycles. The Bertz CT molecular complexity index is 645. The van der Waals surface area contributed by atoms with Gasteiger partial charge in [0, 0.05) is 29.7 Å². The van der Waals surface area contributed by atoms with Gasteiger partial charge in [-0.05, 0) is 49.9 Å². The number of para-hydroxylation sites is 1. The molecule has 1 aromatic rings. The normalized spacial score (nSPS) is 16.7. The van der Waals surface area contributed by atoms with E-state index in [1.807, 2.05) is 24.3 Å². The van der Waals surface area contributed by atoms with Crippen LogP contribution in [0.15, 0.2) is 29.2 Å². The zero-order chi connectivity index (χ0) is 20.5. The second-order valence-corrected chi connectivity index (χ2v) is 9.06. The largest absolute Gasteiger partial charge is 0.370 e. The summed E-state index contributed by atoms with van der Waals surface area (Å²) in [5.41, 5.74) is 5.95. The van der Waals surface area contributed by atoms with E-state index >= 15 is 0 Å². The Morgan fingerprint density at radius 2 is 1.93 bits per heavy atom. The van der Waals surface area contributed by atoms with Gasteiger partial charge in [-0.3, -0.25) is 9.69 Å². The van der Waals surface area contributed by atoms with Crippen molar-refractivity contribution >= 4 is 29.4 Å². The molecule has 28 heavy (non-hydrogen) atoms. The Balaban J connectivity index is 1.88. The summed E-state index contributed by atoms with van der Waals surface area (Å²) < 4.78 is 0. The first-order valence-electron chi connectivity index (χ1n) is 10.2. The summed E-state index contributed by atoms with van der Waals surface area (Å²) in [6, 6.07) is 7.77. The molecule has 4 N–H and O–H groups in total. The van der Waals surface area contributed by atoms with E-state index in [9.17, 15) is 9.59 Å². The lowest BCUT2D eigenvalue weighted by Gasteiger charge is -2.38. The molecule has 1 fully saturated rings. The number of amides is 3. The van der Waals surface area contributed by atoms with Crippen molar-refractivity contribution in [1.29, 1.82) is 0 Å². The van der Waals surface area contributed by atoms with E-state index in [1.165, 1.54) is 24.6 Å². The summed E-state index contributed by atoms with van der Waals surface area (Å²) in [5, 5.41) is 5.99. The Labute approximate surface area is 173 Å². The number of piperidine rings is 1. The number of hydrogen-bond acceptors (Lipinski definition) is 4. The van der Waals surface area contributed by atoms with Gasteiger partial charge in [-0.15, -0.1) is 11.8 Å². The molecule has 0 bridgehead atoms. The average molecular weight is 407 g/mol. The number of benzene rings is 1. The number of anilines is 1. The highest BCUT2D eigenvalue weighted by Gasteiger charge is 2.26. The summed E-state index contributed by atoms with van der Waals surface area (Å²) in [7, 11) is 0. The third kappa shape index (κ3) is 7.36. The van der Waals surface area contributed by atoms with Crippen LogP contribution < -0.4 is 16.4 Å². The van der Waals surface area contributed by atoms with Gasteiger partial charge >= 0.3 is 6.03 Å². The Morgan fingerprint density at radius 3 is 2.57 bits per heavy atom. The van der Waals surface area contributed by atoms with Crippen LogP contribution in [-0.4, -0.2) is 48.3 Å². The molecule has 6 nitrogen and oxygen atoms in total. The van der Waals surface area contributed by atoms with Crippen molar-refractivity contribution < 1.29 is 9.59 Å². The molecule has 1 aliphatic heterocycles. The lowest BCUT2D eigenvalue weighted by atomic mass is 9.94. The van der Waals surface area contributed by atoms with Gasteiger partial charge in [0.05, 0.1) is 5.69 Å². The van der Waals surface area contributed by atoms with Crippen LogP contribution in [0, 0.1) is 11.8 Å². The molecule has 0 aliphatic carbocycles. The van der Waals surface area contributed by atoms with Gasteiger partial charge in [-0.25, -0.2) is 4.79 Å². The van der Waals surface area contributed by atoms with Crippen molar-refractivity contribution in [2.75, 3.05) is 30.7 Å². The van der Waals surface area contributed by atoms with Gasteiger partial charge in [0.15, 0.2) is 0 Å². The van der Waals surface area contributed by atoms with Crippen molar-refractivity contribution in [3.05, 3.63) is 24.3 Å². The molecule has 1 aromatic carbocycles. The number of nitrogens with one attached hydrogen (secondary N) is 2. The van der Waals surface area contributed by atoms with E-state index in [2.05, 4.69) is 36.3 Å². The van der Waals surface area contributed by atoms with Crippen molar-refractivity contribution in [2.24, 2.45) is 17.6 Å². The van der Waals surface area contributed by atoms with Crippen molar-refractivity contribution in [3.63, 3.8) is 0 Å². The number of likely N-dealkylation sites (tertiary alicyclic amines) is 1. The molecule has 1 unspecified atom stereocenters. The molecule has 3 amide bonds. The van der Waals surface area contributed by atoms with Crippen LogP contribution in [0.2, 0.25) is 0 Å². The minimum Gasteiger partial charge on any atom is -0.370 e. The van der Waals surface area contributed by atoms with Crippen LogP contribution in [0.5, 0.6) is 0 Å². The second-order valence-electron chi connectivity index (χ2n) is 7.93. The van der Waals surface area contributed by atoms with E-state index in [1.54, 1.807) is 0 Å². The van der Waals surface area contributed by atoms with E-state index in [0.717, 1.165) is 29.6 Å². The van der Waals surface area contributed by atoms with Gasteiger partial charge in [0.1, 0.15) is 0 Å². The Kier molecular flexibility index (Phi) is 9.12. The number of nitrogens with zero attached hydrogens (tertiary/aromatic N) is 1. The zero-order valence-electron chi connectivity index (χ0n) is 17.2. The monoisotopic (exact) mass is 406 g/mol. The first-order valence-corrected chi connectivity index (χ1v) is 11.1. The predicted molar refractivity (Wildman–Crippen MR) is 117 cm³/mol. The summed E-state index contributed by atoms with van der Waals surface area (Å²) in [6.07, 6.45) is 2.77. The lowest BCUT2D eigenvalue weighted by molar-refractivity contribution is -0.117. The molecular weight excluding hydrogens is 372 g/mol. The first-order chi connectivity index (χ1) is 13.4. The molecule has 1 heterocycles. The fourth-order valence-corrected chi connectivity index (χ4v) is 4.44. The smallest absolute Gasteiger partial charge is 0.319 e. The third-order valence-corrected chi connectivity index (χ3v) is 6.35. The SMILES string of the molecule is CC1CCN(C(CNC(=O)Nc2ccccc2SCCC(N)=O)C(C)C)CC1. The fraction of sp³-hybridized carbons (Fsp3) is 0.619. The van der Waals surface area contributed by atoms with Crippen molar-refractivity contribution in [1.82, 2.24) is 10.2 Å². The minimum atomic E-state index is -0.317. The lowest BCUT2D eigenvalue weighted by Crippen LogP contribution is -2.50. The van der Waals surface area contributed by atoms with Crippen LogP contribution in [0.25, 0.3) is 0 Å². The van der Waals surface area contributed by atoms with Gasteiger partial charge in [0.25, 0.3) is 0 Å². The molecule has 156 valence electrons. The van der Waals surface area contributed by atoms with Crippen LogP contribution in [-0.2, 0) is 4.79 Å². The number of rotatable bonds is 9. The molecule has 0 spiro atoms. The summed E-state index contributed by atoms with van der Waals surface area (Å²) in [6.45, 7) is 9.58. The molecule has 7 heteroatoms. The molecular formula is C21H34N4O2S. The number of thioether (sulfide) groups is 1. The van der Waals surface area contributed by atoms with Gasteiger partial charge in [-0.1, -0.05) is 32.9 Å². The number of hydrogen-bond donors (Lipinski definition) is 3. The van der Waals surface area contributed by atoms with E-state index < -0.39 is 0 Å². The number of nitrogens with two attached hydrogens (primary N) is 1. The fourth-order valence-electron chi connectivity index (χ4n) is 3.47. The third-order valence-electron chi connectivity index (χ3n) is 5.27. The maximum atomic E-state index is 12.5. The Hall–Kier alpha value is -1.73. The molecule has 0 radical (unpaired) electrons. The van der Waals surface area contributed by atoms with E-state index in [-0.39, 0.29) is 11.9 Å². The van der Waals surface area contributed by atoms with Crippen molar-refractivity contribution in [2.45, 2.75) is 51.0 Å². The van der Waals surface area contributed by atoms with Gasteiger partial charge in [0.2, 0.25) is 5.91 Å². The standard InChI is InChI=1S/C21H34N4O2S/c1-15(2)18(25-11-8-16(3)9-12-25)14-23-21(27)24-17-6-4-5-7-19(17)28-13-10-20(22)26/h4-7,15-16,18H,8-14H2,1-3H3,(H2,22,26)(H2,23,24,27). The Morgan fingerprint density at radius 1 is 1.25 bits per heavy atom. The second kappa shape index (κ2) is 11.3. The molecule has 1 aliphatic rings. The predicted octanol–water partition coefficient (Wildman–Crippen LogP) is 3.53. The summed E-state index contributed by atoms with van der Waals surface area (Å²) in [4.78, 5) is 26.9. The average Bonchev–Trinajstić information content (AvgIpc) is 2.64. The molecule has 2 rings (SSSR count). The number of urea groups is 1. The maximum absolute atomic E-state index is 12.5. The van der Waals surface area contributed by atoms with E-state index in [4.69, 9.17) is 5.73 Å². The molecule has 0 aromatic heterocycles. The van der Waals surface area contributed by atoms with Crippen molar-refractivity contribution in [3.8, 4) is 0 Å².